The Morgan fingerprint density at radius 3 is 2.74 bits per heavy atom. The lowest BCUT2D eigenvalue weighted by molar-refractivity contribution is 0.0920. The maximum absolute atomic E-state index is 11.7. The predicted octanol–water partition coefficient (Wildman–Crippen LogP) is 3.60. The minimum atomic E-state index is -0.212. The van der Waals surface area contributed by atoms with Gasteiger partial charge in [0.1, 0.15) is 5.75 Å². The third-order valence-corrected chi connectivity index (χ3v) is 2.58. The summed E-state index contributed by atoms with van der Waals surface area (Å²) in [5, 5.41) is 2.79. The zero-order chi connectivity index (χ0) is 13.5. The van der Waals surface area contributed by atoms with Crippen LogP contribution in [0.25, 0.3) is 0 Å². The van der Waals surface area contributed by atoms with E-state index in [9.17, 15) is 4.79 Å². The highest BCUT2D eigenvalue weighted by Crippen LogP contribution is 2.23. The number of nitrogens with one attached hydrogen (secondary N) is 1. The van der Waals surface area contributed by atoms with Gasteiger partial charge in [-0.3, -0.25) is 4.79 Å². The molecule has 0 aliphatic heterocycles. The summed E-state index contributed by atoms with van der Waals surface area (Å²) in [5.41, 5.74) is 0. The Kier molecular flexibility index (Phi) is 4.61. The van der Waals surface area contributed by atoms with Crippen molar-refractivity contribution in [1.29, 1.82) is 0 Å². The van der Waals surface area contributed by atoms with E-state index in [-0.39, 0.29) is 11.7 Å². The molecule has 0 bridgehead atoms. The van der Waals surface area contributed by atoms with Gasteiger partial charge in [-0.05, 0) is 24.6 Å². The molecule has 19 heavy (non-hydrogen) atoms. The van der Waals surface area contributed by atoms with E-state index < -0.39 is 0 Å². The molecular weight excluding hydrogens is 242 g/mol. The number of furan rings is 1. The highest BCUT2D eigenvalue weighted by Gasteiger charge is 2.11. The molecule has 2 rings (SSSR count). The quantitative estimate of drug-likeness (QED) is 0.806. The number of amides is 1. The van der Waals surface area contributed by atoms with Crippen LogP contribution in [0.1, 0.15) is 30.3 Å². The molecule has 0 fully saturated rings. The molecule has 1 aromatic carbocycles. The van der Waals surface area contributed by atoms with E-state index in [4.69, 9.17) is 9.15 Å². The first-order valence-corrected chi connectivity index (χ1v) is 6.40. The van der Waals surface area contributed by atoms with Crippen molar-refractivity contribution in [2.75, 3.05) is 6.54 Å². The average Bonchev–Trinajstić information content (AvgIpc) is 2.89. The molecule has 0 aliphatic rings. The van der Waals surface area contributed by atoms with Crippen LogP contribution < -0.4 is 10.1 Å². The maximum Gasteiger partial charge on any atom is 0.290 e. The molecule has 4 heteroatoms. The van der Waals surface area contributed by atoms with Gasteiger partial charge in [-0.25, -0.2) is 0 Å². The predicted molar refractivity (Wildman–Crippen MR) is 72.5 cm³/mol. The lowest BCUT2D eigenvalue weighted by atomic mass is 10.3. The molecule has 1 aromatic heterocycles. The van der Waals surface area contributed by atoms with Crippen LogP contribution in [-0.4, -0.2) is 12.5 Å². The molecule has 0 unspecified atom stereocenters. The Balaban J connectivity index is 1.93. The van der Waals surface area contributed by atoms with Crippen molar-refractivity contribution in [3.05, 3.63) is 48.2 Å². The number of carbonyl (C=O) groups excluding carboxylic acids is 1. The molecule has 2 aromatic rings. The number of para-hydroxylation sites is 1. The summed E-state index contributed by atoms with van der Waals surface area (Å²) in [5.74, 6) is 1.04. The average molecular weight is 259 g/mol. The van der Waals surface area contributed by atoms with Crippen LogP contribution in [0.2, 0.25) is 0 Å². The molecule has 0 aliphatic carbocycles. The summed E-state index contributed by atoms with van der Waals surface area (Å²) in [7, 11) is 0. The first-order chi connectivity index (χ1) is 9.29. The van der Waals surface area contributed by atoms with Gasteiger partial charge in [0.05, 0.1) is 0 Å². The lowest BCUT2D eigenvalue weighted by Crippen LogP contribution is -2.23. The fourth-order valence-electron chi connectivity index (χ4n) is 1.57. The smallest absolute Gasteiger partial charge is 0.290 e. The topological polar surface area (TPSA) is 51.5 Å². The third-order valence-electron chi connectivity index (χ3n) is 2.58. The van der Waals surface area contributed by atoms with Gasteiger partial charge in [0.2, 0.25) is 0 Å². The van der Waals surface area contributed by atoms with Crippen molar-refractivity contribution in [2.24, 2.45) is 0 Å². The van der Waals surface area contributed by atoms with Crippen LogP contribution in [-0.2, 0) is 0 Å². The van der Waals surface area contributed by atoms with E-state index in [0.29, 0.717) is 18.2 Å². The van der Waals surface area contributed by atoms with Gasteiger partial charge >= 0.3 is 0 Å². The van der Waals surface area contributed by atoms with Gasteiger partial charge in [-0.1, -0.05) is 31.5 Å². The maximum atomic E-state index is 11.7. The second-order valence-corrected chi connectivity index (χ2v) is 4.14. The SMILES string of the molecule is CCCCNC(=O)c1ccc(Oc2ccccc2)o1. The van der Waals surface area contributed by atoms with Crippen molar-refractivity contribution < 1.29 is 13.9 Å². The van der Waals surface area contributed by atoms with Crippen molar-refractivity contribution in [1.82, 2.24) is 5.32 Å². The molecule has 0 atom stereocenters. The number of rotatable bonds is 6. The Morgan fingerprint density at radius 2 is 2.00 bits per heavy atom. The minimum Gasteiger partial charge on any atom is -0.426 e. The zero-order valence-corrected chi connectivity index (χ0v) is 10.9. The third kappa shape index (κ3) is 3.88. The first-order valence-electron chi connectivity index (χ1n) is 6.40. The molecule has 0 spiro atoms. The van der Waals surface area contributed by atoms with Crippen molar-refractivity contribution in [2.45, 2.75) is 19.8 Å². The van der Waals surface area contributed by atoms with Crippen LogP contribution in [0.4, 0.5) is 0 Å². The fourth-order valence-corrected chi connectivity index (χ4v) is 1.57. The van der Waals surface area contributed by atoms with E-state index >= 15 is 0 Å². The van der Waals surface area contributed by atoms with Crippen LogP contribution >= 0.6 is 0 Å². The minimum absolute atomic E-state index is 0.212. The molecule has 0 radical (unpaired) electrons. The zero-order valence-electron chi connectivity index (χ0n) is 10.9. The van der Waals surface area contributed by atoms with Crippen LogP contribution in [0.5, 0.6) is 11.7 Å². The first kappa shape index (κ1) is 13.2. The van der Waals surface area contributed by atoms with E-state index in [1.807, 2.05) is 30.3 Å². The number of carbonyl (C=O) groups is 1. The molecule has 0 saturated carbocycles. The normalized spacial score (nSPS) is 10.2. The van der Waals surface area contributed by atoms with Gasteiger partial charge < -0.3 is 14.5 Å². The van der Waals surface area contributed by atoms with E-state index in [2.05, 4.69) is 12.2 Å². The van der Waals surface area contributed by atoms with E-state index in [1.54, 1.807) is 12.1 Å². The van der Waals surface area contributed by atoms with Gasteiger partial charge in [0.15, 0.2) is 5.76 Å². The highest BCUT2D eigenvalue weighted by atomic mass is 16.6. The summed E-state index contributed by atoms with van der Waals surface area (Å²) in [6.07, 6.45) is 2.00. The molecule has 1 amide bonds. The number of ether oxygens (including phenoxy) is 1. The molecule has 0 saturated heterocycles. The van der Waals surface area contributed by atoms with Gasteiger partial charge in [0.25, 0.3) is 11.9 Å². The molecule has 1 heterocycles. The van der Waals surface area contributed by atoms with Crippen molar-refractivity contribution >= 4 is 5.91 Å². The molecule has 1 N–H and O–H groups in total. The molecular formula is C15H17NO3. The van der Waals surface area contributed by atoms with Crippen molar-refractivity contribution in [3.63, 3.8) is 0 Å². The van der Waals surface area contributed by atoms with Gasteiger partial charge in [-0.2, -0.15) is 0 Å². The fraction of sp³-hybridized carbons (Fsp3) is 0.267. The Morgan fingerprint density at radius 1 is 1.21 bits per heavy atom. The van der Waals surface area contributed by atoms with Gasteiger partial charge in [-0.15, -0.1) is 0 Å². The lowest BCUT2D eigenvalue weighted by Gasteiger charge is -2.02. The van der Waals surface area contributed by atoms with Gasteiger partial charge in [0, 0.05) is 12.6 Å². The number of benzene rings is 1. The van der Waals surface area contributed by atoms with Crippen LogP contribution in [0.3, 0.4) is 0 Å². The standard InChI is InChI=1S/C15H17NO3/c1-2-3-11-16-15(17)13-9-10-14(19-13)18-12-7-5-4-6-8-12/h4-10H,2-3,11H2,1H3,(H,16,17). The second-order valence-electron chi connectivity index (χ2n) is 4.14. The van der Waals surface area contributed by atoms with Crippen LogP contribution in [0.15, 0.2) is 46.9 Å². The Bertz CT molecular complexity index is 519. The van der Waals surface area contributed by atoms with E-state index in [0.717, 1.165) is 12.8 Å². The summed E-state index contributed by atoms with van der Waals surface area (Å²) in [6, 6.07) is 12.5. The number of hydrogen-bond acceptors (Lipinski definition) is 3. The Labute approximate surface area is 112 Å². The molecule has 100 valence electrons. The largest absolute Gasteiger partial charge is 0.426 e. The summed E-state index contributed by atoms with van der Waals surface area (Å²) in [4.78, 5) is 11.7. The Hall–Kier alpha value is -2.23. The van der Waals surface area contributed by atoms with Crippen molar-refractivity contribution in [3.8, 4) is 11.7 Å². The monoisotopic (exact) mass is 259 g/mol. The number of unbranched alkanes of at least 4 members (excludes halogenated alkanes) is 1. The summed E-state index contributed by atoms with van der Waals surface area (Å²) >= 11 is 0. The highest BCUT2D eigenvalue weighted by molar-refractivity contribution is 5.91. The number of hydrogen-bond donors (Lipinski definition) is 1. The summed E-state index contributed by atoms with van der Waals surface area (Å²) in [6.45, 7) is 2.73. The summed E-state index contributed by atoms with van der Waals surface area (Å²) < 4.78 is 10.8. The van der Waals surface area contributed by atoms with Crippen LogP contribution in [0, 0.1) is 0 Å². The van der Waals surface area contributed by atoms with E-state index in [1.165, 1.54) is 0 Å². The molecule has 4 nitrogen and oxygen atoms in total. The second kappa shape index (κ2) is 6.64.